The van der Waals surface area contributed by atoms with Crippen LogP contribution in [0.3, 0.4) is 0 Å². The van der Waals surface area contributed by atoms with Crippen LogP contribution in [0.5, 0.6) is 11.5 Å². The van der Waals surface area contributed by atoms with Crippen LogP contribution >= 0.6 is 23.1 Å². The molecule has 2 aliphatic heterocycles. The third kappa shape index (κ3) is 4.57. The van der Waals surface area contributed by atoms with Gasteiger partial charge < -0.3 is 9.64 Å². The van der Waals surface area contributed by atoms with Gasteiger partial charge in [-0.3, -0.25) is 0 Å². The van der Waals surface area contributed by atoms with E-state index in [0.717, 1.165) is 39.7 Å². The van der Waals surface area contributed by atoms with Crippen LogP contribution < -0.4 is 9.64 Å². The Morgan fingerprint density at radius 3 is 1.62 bits per heavy atom. The summed E-state index contributed by atoms with van der Waals surface area (Å²) in [5, 5.41) is 2.54. The SMILES string of the molecule is c1ccc2c(c1)Oc1ccccc1C21c2ccccc2-c2c(N(c3ccc4c(c3)-c3ccccc3C43c4ccccc4Sc4ccccc43)c3cccc4sc5ccccc5c34)cccc21. The average molecular weight is 876 g/mol. The fourth-order valence-electron chi connectivity index (χ4n) is 12.4. The highest BCUT2D eigenvalue weighted by Crippen LogP contribution is 2.66. The van der Waals surface area contributed by atoms with E-state index in [2.05, 4.69) is 229 Å². The van der Waals surface area contributed by atoms with Crippen LogP contribution in [0, 0.1) is 0 Å². The molecule has 308 valence electrons. The molecule has 0 amide bonds. The molecule has 0 radical (unpaired) electrons. The second-order valence-electron chi connectivity index (χ2n) is 17.8. The van der Waals surface area contributed by atoms with Gasteiger partial charge in [0, 0.05) is 52.3 Å². The highest BCUT2D eigenvalue weighted by molar-refractivity contribution is 7.99. The fourth-order valence-corrected chi connectivity index (χ4v) is 14.7. The summed E-state index contributed by atoms with van der Waals surface area (Å²) in [5.41, 5.74) is 17.6. The Morgan fingerprint density at radius 1 is 0.364 bits per heavy atom. The number of thiophene rings is 1. The van der Waals surface area contributed by atoms with Crippen molar-refractivity contribution in [3.05, 3.63) is 269 Å². The summed E-state index contributed by atoms with van der Waals surface area (Å²) in [6.45, 7) is 0. The van der Waals surface area contributed by atoms with Crippen molar-refractivity contribution in [2.45, 2.75) is 20.6 Å². The minimum absolute atomic E-state index is 0.458. The molecule has 0 fully saturated rings. The van der Waals surface area contributed by atoms with E-state index in [9.17, 15) is 0 Å². The van der Waals surface area contributed by atoms with Crippen molar-refractivity contribution in [2.24, 2.45) is 0 Å². The number of hydrogen-bond donors (Lipinski definition) is 0. The molecule has 4 aliphatic rings. The predicted molar refractivity (Wildman–Crippen MR) is 273 cm³/mol. The molecular formula is C62H37NOS2. The van der Waals surface area contributed by atoms with Crippen LogP contribution in [0.25, 0.3) is 42.4 Å². The van der Waals surface area contributed by atoms with E-state index in [1.807, 2.05) is 23.1 Å². The molecule has 1 aromatic heterocycles. The molecular weight excluding hydrogens is 839 g/mol. The van der Waals surface area contributed by atoms with Crippen molar-refractivity contribution in [1.29, 1.82) is 0 Å². The molecule has 2 nitrogen and oxygen atoms in total. The molecule has 0 saturated carbocycles. The molecule has 10 aromatic carbocycles. The number of hydrogen-bond acceptors (Lipinski definition) is 4. The number of anilines is 3. The summed E-state index contributed by atoms with van der Waals surface area (Å²) in [6, 6.07) is 83.8. The maximum absolute atomic E-state index is 6.74. The van der Waals surface area contributed by atoms with E-state index in [-0.39, 0.29) is 0 Å². The van der Waals surface area contributed by atoms with Gasteiger partial charge in [0.25, 0.3) is 0 Å². The Balaban J connectivity index is 1.05. The monoisotopic (exact) mass is 875 g/mol. The van der Waals surface area contributed by atoms with Crippen LogP contribution in [0.2, 0.25) is 0 Å². The first-order valence-electron chi connectivity index (χ1n) is 22.7. The van der Waals surface area contributed by atoms with Crippen LogP contribution in [0.15, 0.2) is 234 Å². The normalized spacial score (nSPS) is 14.7. The van der Waals surface area contributed by atoms with E-state index in [1.54, 1.807) is 0 Å². The average Bonchev–Trinajstić information content (AvgIpc) is 4.00. The van der Waals surface area contributed by atoms with E-state index in [4.69, 9.17) is 4.74 Å². The van der Waals surface area contributed by atoms with Gasteiger partial charge in [0.2, 0.25) is 0 Å². The lowest BCUT2D eigenvalue weighted by Gasteiger charge is -2.40. The van der Waals surface area contributed by atoms with Crippen molar-refractivity contribution >= 4 is 60.3 Å². The maximum atomic E-state index is 6.74. The van der Waals surface area contributed by atoms with Gasteiger partial charge in [-0.1, -0.05) is 176 Å². The van der Waals surface area contributed by atoms with E-state index >= 15 is 0 Å². The summed E-state index contributed by atoms with van der Waals surface area (Å²) in [7, 11) is 0. The zero-order valence-electron chi connectivity index (χ0n) is 35.5. The molecule has 3 heterocycles. The second-order valence-corrected chi connectivity index (χ2v) is 20.0. The quantitative estimate of drug-likeness (QED) is 0.175. The molecule has 0 N–H and O–H groups in total. The van der Waals surface area contributed by atoms with E-state index in [1.165, 1.54) is 85.6 Å². The Labute approximate surface area is 391 Å². The van der Waals surface area contributed by atoms with Crippen LogP contribution in [-0.2, 0) is 10.8 Å². The first-order chi connectivity index (χ1) is 32.7. The lowest BCUT2D eigenvalue weighted by Crippen LogP contribution is -2.32. The van der Waals surface area contributed by atoms with Gasteiger partial charge in [-0.2, -0.15) is 0 Å². The Hall–Kier alpha value is -7.63. The fraction of sp³-hybridized carbons (Fsp3) is 0.0323. The zero-order chi connectivity index (χ0) is 43.1. The number of ether oxygens (including phenoxy) is 1. The van der Waals surface area contributed by atoms with Crippen LogP contribution in [0.4, 0.5) is 17.1 Å². The minimum atomic E-state index is -0.594. The maximum Gasteiger partial charge on any atom is 0.132 e. The Kier molecular flexibility index (Phi) is 7.48. The number of fused-ring (bicyclic) bond motifs is 21. The molecule has 0 atom stereocenters. The molecule has 2 spiro atoms. The first kappa shape index (κ1) is 36.7. The van der Waals surface area contributed by atoms with E-state index in [0.29, 0.717) is 0 Å². The van der Waals surface area contributed by atoms with Crippen molar-refractivity contribution in [2.75, 3.05) is 4.90 Å². The highest BCUT2D eigenvalue weighted by atomic mass is 32.2. The van der Waals surface area contributed by atoms with E-state index < -0.39 is 10.8 Å². The molecule has 0 unspecified atom stereocenters. The molecule has 4 heteroatoms. The summed E-state index contributed by atoms with van der Waals surface area (Å²) in [5.74, 6) is 1.79. The summed E-state index contributed by atoms with van der Waals surface area (Å²) >= 11 is 3.76. The van der Waals surface area contributed by atoms with Crippen LogP contribution in [-0.4, -0.2) is 0 Å². The van der Waals surface area contributed by atoms with Crippen molar-refractivity contribution < 1.29 is 4.74 Å². The molecule has 11 aromatic rings. The number of benzene rings is 10. The van der Waals surface area contributed by atoms with Crippen molar-refractivity contribution in [1.82, 2.24) is 0 Å². The largest absolute Gasteiger partial charge is 0.457 e. The standard InChI is InChI=1S/C62H37NOS2/c1-4-20-43-39(17-1)42-37-38(35-36-45(42)61(43)48-24-8-13-32-56(48)66-57-33-14-9-25-49(57)61)63(52-28-16-34-58-60(52)41-19-3-12-31-55(41)65-58)51-27-15-26-50-59(51)40-18-2-5-21-44(40)62(50)46-22-6-10-29-53(46)64-54-30-11-7-23-47(54)62/h1-37H. The highest BCUT2D eigenvalue weighted by Gasteiger charge is 2.53. The third-order valence-corrected chi connectivity index (χ3v) is 17.1. The minimum Gasteiger partial charge on any atom is -0.457 e. The summed E-state index contributed by atoms with van der Waals surface area (Å²) in [6.07, 6.45) is 0. The van der Waals surface area contributed by atoms with Crippen molar-refractivity contribution in [3.63, 3.8) is 0 Å². The number of para-hydroxylation sites is 2. The molecule has 66 heavy (non-hydrogen) atoms. The van der Waals surface area contributed by atoms with Gasteiger partial charge in [-0.05, 0) is 111 Å². The lowest BCUT2D eigenvalue weighted by atomic mass is 9.66. The van der Waals surface area contributed by atoms with Gasteiger partial charge in [0.1, 0.15) is 11.5 Å². The lowest BCUT2D eigenvalue weighted by molar-refractivity contribution is 0.436. The van der Waals surface area contributed by atoms with Gasteiger partial charge in [-0.15, -0.1) is 11.3 Å². The first-order valence-corrected chi connectivity index (χ1v) is 24.3. The molecule has 0 saturated heterocycles. The second kappa shape index (κ2) is 13.5. The molecule has 0 bridgehead atoms. The van der Waals surface area contributed by atoms with Gasteiger partial charge in [0.15, 0.2) is 0 Å². The third-order valence-electron chi connectivity index (χ3n) is 14.8. The zero-order valence-corrected chi connectivity index (χ0v) is 37.2. The Bertz CT molecular complexity index is 3790. The Morgan fingerprint density at radius 2 is 0.879 bits per heavy atom. The smallest absolute Gasteiger partial charge is 0.132 e. The van der Waals surface area contributed by atoms with Crippen molar-refractivity contribution in [3.8, 4) is 33.8 Å². The predicted octanol–water partition coefficient (Wildman–Crippen LogP) is 16.8. The van der Waals surface area contributed by atoms with Gasteiger partial charge >= 0.3 is 0 Å². The molecule has 2 aliphatic carbocycles. The topological polar surface area (TPSA) is 12.5 Å². The molecule has 15 rings (SSSR count). The number of rotatable bonds is 3. The van der Waals surface area contributed by atoms with Gasteiger partial charge in [-0.25, -0.2) is 0 Å². The summed E-state index contributed by atoms with van der Waals surface area (Å²) in [4.78, 5) is 5.20. The summed E-state index contributed by atoms with van der Waals surface area (Å²) < 4.78 is 9.30. The van der Waals surface area contributed by atoms with Gasteiger partial charge in [0.05, 0.1) is 22.2 Å². The number of nitrogens with zero attached hydrogens (tertiary/aromatic N) is 1. The van der Waals surface area contributed by atoms with Crippen LogP contribution in [0.1, 0.15) is 44.5 Å².